The van der Waals surface area contributed by atoms with E-state index in [9.17, 15) is 4.79 Å². The molecule has 4 rings (SSSR count). The van der Waals surface area contributed by atoms with Gasteiger partial charge in [-0.3, -0.25) is 15.3 Å². The number of fused-ring (bicyclic) bond motifs is 1. The summed E-state index contributed by atoms with van der Waals surface area (Å²) in [6.45, 7) is 1.42. The molecular weight excluding hydrogens is 316 g/mol. The van der Waals surface area contributed by atoms with Crippen molar-refractivity contribution >= 4 is 28.7 Å². The summed E-state index contributed by atoms with van der Waals surface area (Å²) in [5.41, 5.74) is 2.26. The number of aromatic nitrogens is 4. The van der Waals surface area contributed by atoms with Crippen LogP contribution < -0.4 is 9.80 Å². The van der Waals surface area contributed by atoms with E-state index in [2.05, 4.69) is 25.3 Å². The Kier molecular flexibility index (Phi) is 4.07. The van der Waals surface area contributed by atoms with Gasteiger partial charge >= 0.3 is 12.0 Å². The lowest BCUT2D eigenvalue weighted by molar-refractivity contribution is 0.196. The molecule has 1 aromatic carbocycles. The molecule has 0 saturated carbocycles. The molecule has 0 unspecified atom stereocenters. The van der Waals surface area contributed by atoms with Crippen LogP contribution >= 0.6 is 0 Å². The Morgan fingerprint density at radius 3 is 2.36 bits per heavy atom. The molecular formula is C18H19N6O+. The summed E-state index contributed by atoms with van der Waals surface area (Å²) in [7, 11) is 0. The van der Waals surface area contributed by atoms with Crippen molar-refractivity contribution in [2.75, 3.05) is 18.4 Å². The van der Waals surface area contributed by atoms with Gasteiger partial charge in [-0.2, -0.15) is 14.5 Å². The van der Waals surface area contributed by atoms with E-state index in [-0.39, 0.29) is 10.5 Å². The summed E-state index contributed by atoms with van der Waals surface area (Å²) in [6.07, 6.45) is 9.77. The number of anilines is 1. The van der Waals surface area contributed by atoms with Gasteiger partial charge in [0.15, 0.2) is 0 Å². The minimum atomic E-state index is -0.103. The third kappa shape index (κ3) is 2.94. The van der Waals surface area contributed by atoms with Gasteiger partial charge in [0.2, 0.25) is 0 Å². The van der Waals surface area contributed by atoms with Crippen molar-refractivity contribution in [3.05, 3.63) is 49.1 Å². The minimum absolute atomic E-state index is 0.103. The molecule has 126 valence electrons. The molecule has 1 fully saturated rings. The number of hydrogen-bond acceptors (Lipinski definition) is 5. The first kappa shape index (κ1) is 15.6. The Hall–Kier alpha value is -2.93. The van der Waals surface area contributed by atoms with Crippen molar-refractivity contribution in [1.82, 2.24) is 24.4 Å². The summed E-state index contributed by atoms with van der Waals surface area (Å²) in [4.78, 5) is 30.4. The van der Waals surface area contributed by atoms with Gasteiger partial charge < -0.3 is 0 Å². The van der Waals surface area contributed by atoms with Gasteiger partial charge in [-0.05, 0) is 43.5 Å². The number of benzene rings is 1. The van der Waals surface area contributed by atoms with Crippen LogP contribution in [-0.2, 0) is 0 Å². The van der Waals surface area contributed by atoms with E-state index in [1.54, 1.807) is 30.9 Å². The second kappa shape index (κ2) is 6.52. The molecule has 0 radical (unpaired) electrons. The maximum Gasteiger partial charge on any atom is 0.428 e. The van der Waals surface area contributed by atoms with Crippen LogP contribution in [0.3, 0.4) is 0 Å². The van der Waals surface area contributed by atoms with Crippen molar-refractivity contribution in [2.45, 2.75) is 19.3 Å². The first-order valence-corrected chi connectivity index (χ1v) is 8.45. The average Bonchev–Trinajstić information content (AvgIpc) is 2.69. The van der Waals surface area contributed by atoms with E-state index < -0.39 is 0 Å². The Bertz CT molecular complexity index is 892. The fraction of sp³-hybridized carbons (Fsp3) is 0.278. The summed E-state index contributed by atoms with van der Waals surface area (Å²) in [5.74, 6) is 0.556. The van der Waals surface area contributed by atoms with Crippen molar-refractivity contribution in [3.63, 3.8) is 0 Å². The number of carbonyl (C=O) groups excluding carboxylic acids is 1. The SMILES string of the molecule is O=C(Nc1ccc2nccnc2c1)[N+]1(c2ncccn2)CCCCC1. The molecule has 1 saturated heterocycles. The van der Waals surface area contributed by atoms with Crippen molar-refractivity contribution in [2.24, 2.45) is 0 Å². The van der Waals surface area contributed by atoms with Crippen molar-refractivity contribution in [3.8, 4) is 0 Å². The summed E-state index contributed by atoms with van der Waals surface area (Å²) >= 11 is 0. The molecule has 0 atom stereocenters. The van der Waals surface area contributed by atoms with Crippen LogP contribution in [0, 0.1) is 0 Å². The third-order valence-corrected chi connectivity index (χ3v) is 4.62. The zero-order valence-corrected chi connectivity index (χ0v) is 13.8. The number of urea groups is 1. The topological polar surface area (TPSA) is 80.7 Å². The molecule has 7 nitrogen and oxygen atoms in total. The average molecular weight is 335 g/mol. The van der Waals surface area contributed by atoms with E-state index >= 15 is 0 Å². The van der Waals surface area contributed by atoms with Gasteiger partial charge in [-0.1, -0.05) is 0 Å². The van der Waals surface area contributed by atoms with Crippen LogP contribution in [0.15, 0.2) is 49.1 Å². The summed E-state index contributed by atoms with van der Waals surface area (Å²) in [5, 5.41) is 3.03. The third-order valence-electron chi connectivity index (χ3n) is 4.62. The lowest BCUT2D eigenvalue weighted by atomic mass is 10.1. The predicted octanol–water partition coefficient (Wildman–Crippen LogP) is 3.14. The Balaban J connectivity index is 1.66. The molecule has 0 bridgehead atoms. The van der Waals surface area contributed by atoms with Crippen LogP contribution in [0.5, 0.6) is 0 Å². The number of rotatable bonds is 2. The number of piperidine rings is 1. The van der Waals surface area contributed by atoms with Gasteiger partial charge in [0.1, 0.15) is 0 Å². The normalized spacial score (nSPS) is 16.5. The van der Waals surface area contributed by atoms with E-state index in [1.165, 1.54) is 0 Å². The number of likely N-dealkylation sites (tertiary alicyclic amines) is 1. The molecule has 1 aliphatic heterocycles. The Morgan fingerprint density at radius 1 is 0.880 bits per heavy atom. The molecule has 25 heavy (non-hydrogen) atoms. The van der Waals surface area contributed by atoms with Crippen LogP contribution in [0.4, 0.5) is 16.4 Å². The largest absolute Gasteiger partial charge is 0.428 e. The number of nitrogens with zero attached hydrogens (tertiary/aromatic N) is 5. The quantitative estimate of drug-likeness (QED) is 0.728. The highest BCUT2D eigenvalue weighted by Crippen LogP contribution is 2.27. The summed E-state index contributed by atoms with van der Waals surface area (Å²) < 4.78 is 0.138. The zero-order valence-electron chi connectivity index (χ0n) is 13.8. The van der Waals surface area contributed by atoms with E-state index in [0.717, 1.165) is 30.3 Å². The van der Waals surface area contributed by atoms with Crippen molar-refractivity contribution in [1.29, 1.82) is 0 Å². The number of hydrogen-bond donors (Lipinski definition) is 1. The summed E-state index contributed by atoms with van der Waals surface area (Å²) in [6, 6.07) is 7.21. The number of amides is 2. The maximum atomic E-state index is 13.2. The highest BCUT2D eigenvalue weighted by atomic mass is 16.2. The highest BCUT2D eigenvalue weighted by molar-refractivity contribution is 5.98. The van der Waals surface area contributed by atoms with E-state index in [0.29, 0.717) is 24.7 Å². The van der Waals surface area contributed by atoms with Gasteiger partial charge in [0, 0.05) is 30.5 Å². The molecule has 2 amide bonds. The molecule has 3 aromatic rings. The number of nitrogens with one attached hydrogen (secondary N) is 1. The lowest BCUT2D eigenvalue weighted by Crippen LogP contribution is -2.59. The molecule has 1 N–H and O–H groups in total. The molecule has 0 aliphatic carbocycles. The predicted molar refractivity (Wildman–Crippen MR) is 96.0 cm³/mol. The fourth-order valence-corrected chi connectivity index (χ4v) is 3.33. The van der Waals surface area contributed by atoms with Crippen LogP contribution in [-0.4, -0.2) is 39.1 Å². The van der Waals surface area contributed by atoms with Crippen molar-refractivity contribution < 1.29 is 4.79 Å². The van der Waals surface area contributed by atoms with Crippen LogP contribution in [0.2, 0.25) is 0 Å². The minimum Gasteiger partial charge on any atom is -0.275 e. The highest BCUT2D eigenvalue weighted by Gasteiger charge is 2.43. The number of carbonyl (C=O) groups is 1. The van der Waals surface area contributed by atoms with Gasteiger partial charge in [0.25, 0.3) is 0 Å². The first-order valence-electron chi connectivity index (χ1n) is 8.45. The standard InChI is InChI=1S/C18H18N6O/c25-18(23-14-5-6-15-16(13-14)20-10-9-19-15)24(11-2-1-3-12-24)17-21-7-4-8-22-17/h4-10,13H,1-3,11-12H2/p+1. The first-order chi connectivity index (χ1) is 12.3. The Labute approximate surface area is 145 Å². The lowest BCUT2D eigenvalue weighted by Gasteiger charge is -2.35. The zero-order chi connectivity index (χ0) is 17.1. The second-order valence-electron chi connectivity index (χ2n) is 6.21. The Morgan fingerprint density at radius 2 is 1.60 bits per heavy atom. The van der Waals surface area contributed by atoms with Crippen LogP contribution in [0.1, 0.15) is 19.3 Å². The molecule has 3 heterocycles. The smallest absolute Gasteiger partial charge is 0.275 e. The maximum absolute atomic E-state index is 13.2. The van der Waals surface area contributed by atoms with E-state index in [4.69, 9.17) is 0 Å². The monoisotopic (exact) mass is 335 g/mol. The van der Waals surface area contributed by atoms with Crippen LogP contribution in [0.25, 0.3) is 11.0 Å². The number of quaternary nitrogens is 1. The van der Waals surface area contributed by atoms with Gasteiger partial charge in [-0.25, -0.2) is 4.79 Å². The fourth-order valence-electron chi connectivity index (χ4n) is 3.33. The molecule has 7 heteroatoms. The molecule has 1 aliphatic rings. The van der Waals surface area contributed by atoms with Gasteiger partial charge in [-0.15, -0.1) is 0 Å². The molecule has 0 spiro atoms. The second-order valence-corrected chi connectivity index (χ2v) is 6.21. The van der Waals surface area contributed by atoms with E-state index in [1.807, 2.05) is 18.2 Å². The molecule has 2 aromatic heterocycles. The van der Waals surface area contributed by atoms with Gasteiger partial charge in [0.05, 0.1) is 24.1 Å².